The summed E-state index contributed by atoms with van der Waals surface area (Å²) < 4.78 is 5.82. The summed E-state index contributed by atoms with van der Waals surface area (Å²) in [6.07, 6.45) is 3.30. The number of carbonyl (C=O) groups excluding carboxylic acids is 2. The third kappa shape index (κ3) is 4.69. The number of benzene rings is 1. The molecule has 0 bridgehead atoms. The molecule has 0 aliphatic carbocycles. The number of nitrogens with zero attached hydrogens (tertiary/aromatic N) is 1. The van der Waals surface area contributed by atoms with Crippen molar-refractivity contribution in [3.8, 4) is 0 Å². The van der Waals surface area contributed by atoms with Crippen LogP contribution in [0.25, 0.3) is 0 Å². The molecule has 4 nitrogen and oxygen atoms in total. The number of carbonyl (C=O) groups is 2. The number of likely N-dealkylation sites (tertiary alicyclic amines) is 1. The lowest BCUT2D eigenvalue weighted by Gasteiger charge is -2.23. The van der Waals surface area contributed by atoms with E-state index in [9.17, 15) is 9.59 Å². The predicted octanol–water partition coefficient (Wildman–Crippen LogP) is 4.06. The van der Waals surface area contributed by atoms with E-state index < -0.39 is 0 Å². The summed E-state index contributed by atoms with van der Waals surface area (Å²) in [6, 6.07) is 7.31. The number of esters is 1. The molecule has 0 aromatic heterocycles. The number of ether oxygens (including phenoxy) is 1. The number of ketones is 1. The van der Waals surface area contributed by atoms with Crippen molar-refractivity contribution in [1.82, 2.24) is 4.90 Å². The SMILES string of the molecule is CCC(C)CN1CC(C(=O)OC)C/C1=C/C(=O)c1ccc(Br)cc1. The van der Waals surface area contributed by atoms with E-state index in [4.69, 9.17) is 4.74 Å². The zero-order valence-electron chi connectivity index (χ0n) is 14.4. The van der Waals surface area contributed by atoms with Crippen LogP contribution in [0, 0.1) is 11.8 Å². The maximum absolute atomic E-state index is 12.5. The van der Waals surface area contributed by atoms with Crippen molar-refractivity contribution >= 4 is 27.7 Å². The lowest BCUT2D eigenvalue weighted by Crippen LogP contribution is -2.27. The minimum absolute atomic E-state index is 0.0304. The van der Waals surface area contributed by atoms with E-state index >= 15 is 0 Å². The molecule has 1 aliphatic rings. The molecule has 0 N–H and O–H groups in total. The predicted molar refractivity (Wildman–Crippen MR) is 97.7 cm³/mol. The van der Waals surface area contributed by atoms with Gasteiger partial charge in [-0.25, -0.2) is 0 Å². The summed E-state index contributed by atoms with van der Waals surface area (Å²) in [4.78, 5) is 26.6. The van der Waals surface area contributed by atoms with Crippen molar-refractivity contribution < 1.29 is 14.3 Å². The highest BCUT2D eigenvalue weighted by atomic mass is 79.9. The van der Waals surface area contributed by atoms with Gasteiger partial charge in [-0.1, -0.05) is 36.2 Å². The van der Waals surface area contributed by atoms with E-state index in [0.717, 1.165) is 23.1 Å². The van der Waals surface area contributed by atoms with Crippen molar-refractivity contribution in [2.45, 2.75) is 26.7 Å². The maximum atomic E-state index is 12.5. The number of halogens is 1. The van der Waals surface area contributed by atoms with Gasteiger partial charge < -0.3 is 9.64 Å². The normalized spacial score (nSPS) is 20.2. The Morgan fingerprint density at radius 1 is 1.38 bits per heavy atom. The Labute approximate surface area is 152 Å². The summed E-state index contributed by atoms with van der Waals surface area (Å²) in [7, 11) is 1.41. The van der Waals surface area contributed by atoms with E-state index in [2.05, 4.69) is 34.7 Å². The average molecular weight is 394 g/mol. The summed E-state index contributed by atoms with van der Waals surface area (Å²) in [6.45, 7) is 5.80. The molecule has 130 valence electrons. The maximum Gasteiger partial charge on any atom is 0.310 e. The second-order valence-corrected chi connectivity index (χ2v) is 7.27. The molecule has 1 heterocycles. The summed E-state index contributed by atoms with van der Waals surface area (Å²) >= 11 is 3.37. The minimum atomic E-state index is -0.205. The molecule has 1 fully saturated rings. The summed E-state index contributed by atoms with van der Waals surface area (Å²) in [5, 5.41) is 0. The Kier molecular flexibility index (Phi) is 6.60. The number of allylic oxidation sites excluding steroid dienone is 2. The van der Waals surface area contributed by atoms with Gasteiger partial charge in [0, 0.05) is 41.3 Å². The first-order valence-corrected chi connectivity index (χ1v) is 9.07. The van der Waals surface area contributed by atoms with E-state index in [0.29, 0.717) is 24.4 Å². The molecular formula is C19H24BrNO3. The van der Waals surface area contributed by atoms with Gasteiger partial charge >= 0.3 is 5.97 Å². The zero-order valence-corrected chi connectivity index (χ0v) is 16.0. The third-order valence-corrected chi connectivity index (χ3v) is 5.02. The molecule has 1 aliphatic heterocycles. The highest BCUT2D eigenvalue weighted by Crippen LogP contribution is 2.29. The summed E-state index contributed by atoms with van der Waals surface area (Å²) in [5.41, 5.74) is 1.58. The van der Waals surface area contributed by atoms with Crippen LogP contribution in [0.2, 0.25) is 0 Å². The Hall–Kier alpha value is -1.62. The zero-order chi connectivity index (χ0) is 17.7. The van der Waals surface area contributed by atoms with Gasteiger partial charge in [0.15, 0.2) is 5.78 Å². The molecule has 1 saturated heterocycles. The number of hydrogen-bond acceptors (Lipinski definition) is 4. The lowest BCUT2D eigenvalue weighted by atomic mass is 10.1. The van der Waals surface area contributed by atoms with Gasteiger partial charge in [0.2, 0.25) is 0 Å². The average Bonchev–Trinajstić information content (AvgIpc) is 2.97. The lowest BCUT2D eigenvalue weighted by molar-refractivity contribution is -0.144. The first-order chi connectivity index (χ1) is 11.4. The molecule has 0 amide bonds. The highest BCUT2D eigenvalue weighted by molar-refractivity contribution is 9.10. The van der Waals surface area contributed by atoms with Crippen LogP contribution in [0.1, 0.15) is 37.0 Å². The monoisotopic (exact) mass is 393 g/mol. The standard InChI is InChI=1S/C19H24BrNO3/c1-4-13(2)11-21-12-15(19(23)24-3)9-17(21)10-18(22)14-5-7-16(20)8-6-14/h5-8,10,13,15H,4,9,11-12H2,1-3H3/b17-10-. The van der Waals surface area contributed by atoms with Gasteiger partial charge in [-0.05, 0) is 30.2 Å². The van der Waals surface area contributed by atoms with Crippen LogP contribution in [-0.4, -0.2) is 36.9 Å². The fourth-order valence-electron chi connectivity index (χ4n) is 2.85. The van der Waals surface area contributed by atoms with Crippen LogP contribution in [0.5, 0.6) is 0 Å². The van der Waals surface area contributed by atoms with Gasteiger partial charge in [0.05, 0.1) is 13.0 Å². The molecule has 2 unspecified atom stereocenters. The number of rotatable bonds is 6. The molecule has 1 aromatic rings. The highest BCUT2D eigenvalue weighted by Gasteiger charge is 2.33. The summed E-state index contributed by atoms with van der Waals surface area (Å²) in [5.74, 6) is 0.0800. The fourth-order valence-corrected chi connectivity index (χ4v) is 3.11. The fraction of sp³-hybridized carbons (Fsp3) is 0.474. The van der Waals surface area contributed by atoms with Crippen molar-refractivity contribution in [3.05, 3.63) is 46.1 Å². The van der Waals surface area contributed by atoms with E-state index in [1.807, 2.05) is 12.1 Å². The van der Waals surface area contributed by atoms with Crippen LogP contribution < -0.4 is 0 Å². The quantitative estimate of drug-likeness (QED) is 0.415. The first kappa shape index (κ1) is 18.7. The van der Waals surface area contributed by atoms with Crippen LogP contribution in [0.3, 0.4) is 0 Å². The van der Waals surface area contributed by atoms with E-state index in [1.54, 1.807) is 18.2 Å². The largest absolute Gasteiger partial charge is 0.469 e. The van der Waals surface area contributed by atoms with Crippen LogP contribution in [-0.2, 0) is 9.53 Å². The molecule has 5 heteroatoms. The first-order valence-electron chi connectivity index (χ1n) is 8.27. The minimum Gasteiger partial charge on any atom is -0.469 e. The smallest absolute Gasteiger partial charge is 0.310 e. The Morgan fingerprint density at radius 3 is 2.62 bits per heavy atom. The van der Waals surface area contributed by atoms with Crippen molar-refractivity contribution in [1.29, 1.82) is 0 Å². The van der Waals surface area contributed by atoms with Gasteiger partial charge in [-0.15, -0.1) is 0 Å². The molecule has 0 saturated carbocycles. The molecule has 24 heavy (non-hydrogen) atoms. The Bertz CT molecular complexity index is 624. The Balaban J connectivity index is 2.20. The van der Waals surface area contributed by atoms with Crippen LogP contribution in [0.4, 0.5) is 0 Å². The van der Waals surface area contributed by atoms with E-state index in [1.165, 1.54) is 7.11 Å². The number of hydrogen-bond donors (Lipinski definition) is 0. The van der Waals surface area contributed by atoms with Crippen molar-refractivity contribution in [3.63, 3.8) is 0 Å². The van der Waals surface area contributed by atoms with Gasteiger partial charge in [-0.3, -0.25) is 9.59 Å². The van der Waals surface area contributed by atoms with E-state index in [-0.39, 0.29) is 17.7 Å². The molecule has 2 atom stereocenters. The molecule has 1 aromatic carbocycles. The second kappa shape index (κ2) is 8.47. The van der Waals surface area contributed by atoms with Crippen LogP contribution in [0.15, 0.2) is 40.5 Å². The Morgan fingerprint density at radius 2 is 2.04 bits per heavy atom. The van der Waals surface area contributed by atoms with Gasteiger partial charge in [-0.2, -0.15) is 0 Å². The van der Waals surface area contributed by atoms with Crippen molar-refractivity contribution in [2.75, 3.05) is 20.2 Å². The molecular weight excluding hydrogens is 370 g/mol. The topological polar surface area (TPSA) is 46.6 Å². The van der Waals surface area contributed by atoms with Gasteiger partial charge in [0.25, 0.3) is 0 Å². The number of methoxy groups -OCH3 is 1. The third-order valence-electron chi connectivity index (χ3n) is 4.49. The van der Waals surface area contributed by atoms with Gasteiger partial charge in [0.1, 0.15) is 0 Å². The van der Waals surface area contributed by atoms with Crippen molar-refractivity contribution in [2.24, 2.45) is 11.8 Å². The molecule has 2 rings (SSSR count). The van der Waals surface area contributed by atoms with Crippen LogP contribution >= 0.6 is 15.9 Å². The second-order valence-electron chi connectivity index (χ2n) is 6.35. The molecule has 0 radical (unpaired) electrons. The molecule has 0 spiro atoms.